The molecule has 1 aliphatic rings. The van der Waals surface area contributed by atoms with Crippen molar-refractivity contribution in [2.75, 3.05) is 13.1 Å². The summed E-state index contributed by atoms with van der Waals surface area (Å²) in [5, 5.41) is 6.56. The minimum absolute atomic E-state index is 0.0701. The molecule has 1 aromatic rings. The van der Waals surface area contributed by atoms with E-state index in [9.17, 15) is 4.79 Å². The molecule has 1 aromatic carbocycles. The molecule has 1 heterocycles. The van der Waals surface area contributed by atoms with Crippen LogP contribution in [0.4, 0.5) is 0 Å². The number of aryl methyl sites for hydroxylation is 1. The van der Waals surface area contributed by atoms with Crippen LogP contribution in [0.15, 0.2) is 24.3 Å². The molecule has 1 fully saturated rings. The Morgan fingerprint density at radius 1 is 1.40 bits per heavy atom. The Morgan fingerprint density at radius 3 is 2.70 bits per heavy atom. The van der Waals surface area contributed by atoms with E-state index in [2.05, 4.69) is 49.6 Å². The summed E-state index contributed by atoms with van der Waals surface area (Å²) in [7, 11) is 0. The second kappa shape index (κ2) is 6.40. The molecule has 0 aliphatic carbocycles. The van der Waals surface area contributed by atoms with Crippen LogP contribution in [-0.4, -0.2) is 19.0 Å². The molecule has 1 atom stereocenters. The molecule has 20 heavy (non-hydrogen) atoms. The van der Waals surface area contributed by atoms with Crippen LogP contribution in [-0.2, 0) is 4.79 Å². The number of hydrogen-bond acceptors (Lipinski definition) is 2. The molecule has 1 aliphatic heterocycles. The van der Waals surface area contributed by atoms with Crippen LogP contribution in [0.5, 0.6) is 0 Å². The SMILES string of the molecule is CCC1(C(=O)N[C@H](C)c2cccc(C)c2)CCNCC1. The minimum Gasteiger partial charge on any atom is -0.349 e. The van der Waals surface area contributed by atoms with Gasteiger partial charge in [0.1, 0.15) is 0 Å². The summed E-state index contributed by atoms with van der Waals surface area (Å²) < 4.78 is 0. The number of hydrogen-bond donors (Lipinski definition) is 2. The fourth-order valence-corrected chi connectivity index (χ4v) is 3.02. The maximum atomic E-state index is 12.7. The van der Waals surface area contributed by atoms with Crippen molar-refractivity contribution >= 4 is 5.91 Å². The molecule has 2 rings (SSSR count). The van der Waals surface area contributed by atoms with E-state index in [0.29, 0.717) is 0 Å². The van der Waals surface area contributed by atoms with Gasteiger partial charge in [-0.2, -0.15) is 0 Å². The van der Waals surface area contributed by atoms with E-state index in [4.69, 9.17) is 0 Å². The molecule has 0 spiro atoms. The molecule has 0 unspecified atom stereocenters. The van der Waals surface area contributed by atoms with Crippen molar-refractivity contribution in [1.82, 2.24) is 10.6 Å². The Balaban J connectivity index is 2.06. The van der Waals surface area contributed by atoms with E-state index in [0.717, 1.165) is 32.4 Å². The van der Waals surface area contributed by atoms with Crippen LogP contribution in [0.25, 0.3) is 0 Å². The Kier molecular flexibility index (Phi) is 4.81. The number of carbonyl (C=O) groups is 1. The molecule has 3 nitrogen and oxygen atoms in total. The highest BCUT2D eigenvalue weighted by Crippen LogP contribution is 2.33. The van der Waals surface area contributed by atoms with Gasteiger partial charge in [-0.3, -0.25) is 4.79 Å². The number of benzene rings is 1. The number of amides is 1. The summed E-state index contributed by atoms with van der Waals surface area (Å²) in [4.78, 5) is 12.7. The Bertz CT molecular complexity index is 464. The average molecular weight is 274 g/mol. The molecule has 2 N–H and O–H groups in total. The van der Waals surface area contributed by atoms with Crippen LogP contribution in [0.3, 0.4) is 0 Å². The zero-order valence-electron chi connectivity index (χ0n) is 12.8. The lowest BCUT2D eigenvalue weighted by Gasteiger charge is -2.36. The second-order valence-electron chi connectivity index (χ2n) is 5.99. The van der Waals surface area contributed by atoms with E-state index >= 15 is 0 Å². The summed E-state index contributed by atoms with van der Waals surface area (Å²) in [5.74, 6) is 0.218. The summed E-state index contributed by atoms with van der Waals surface area (Å²) in [5.41, 5.74) is 2.23. The fraction of sp³-hybridized carbons (Fsp3) is 0.588. The maximum absolute atomic E-state index is 12.7. The van der Waals surface area contributed by atoms with Gasteiger partial charge in [-0.25, -0.2) is 0 Å². The smallest absolute Gasteiger partial charge is 0.226 e. The Labute approximate surface area is 122 Å². The van der Waals surface area contributed by atoms with E-state index in [1.165, 1.54) is 11.1 Å². The Hall–Kier alpha value is -1.35. The lowest BCUT2D eigenvalue weighted by atomic mass is 9.75. The lowest BCUT2D eigenvalue weighted by molar-refractivity contribution is -0.133. The van der Waals surface area contributed by atoms with Gasteiger partial charge in [0.05, 0.1) is 11.5 Å². The molecular weight excluding hydrogens is 248 g/mol. The van der Waals surface area contributed by atoms with Crippen molar-refractivity contribution in [3.8, 4) is 0 Å². The van der Waals surface area contributed by atoms with Crippen molar-refractivity contribution in [1.29, 1.82) is 0 Å². The normalized spacial score (nSPS) is 19.4. The van der Waals surface area contributed by atoms with E-state index < -0.39 is 0 Å². The predicted octanol–water partition coefficient (Wildman–Crippen LogP) is 2.95. The molecular formula is C17H26N2O. The van der Waals surface area contributed by atoms with Gasteiger partial charge < -0.3 is 10.6 Å². The van der Waals surface area contributed by atoms with Gasteiger partial charge in [-0.15, -0.1) is 0 Å². The summed E-state index contributed by atoms with van der Waals surface area (Å²) in [6.07, 6.45) is 2.80. The first kappa shape index (κ1) is 15.0. The number of carbonyl (C=O) groups excluding carboxylic acids is 1. The monoisotopic (exact) mass is 274 g/mol. The summed E-state index contributed by atoms with van der Waals surface area (Å²) >= 11 is 0. The fourth-order valence-electron chi connectivity index (χ4n) is 3.02. The predicted molar refractivity (Wildman–Crippen MR) is 82.6 cm³/mol. The number of nitrogens with one attached hydrogen (secondary N) is 2. The Morgan fingerprint density at radius 2 is 2.10 bits per heavy atom. The molecule has 110 valence electrons. The van der Waals surface area contributed by atoms with Crippen molar-refractivity contribution in [3.05, 3.63) is 35.4 Å². The molecule has 1 amide bonds. The van der Waals surface area contributed by atoms with Crippen LogP contribution >= 0.6 is 0 Å². The van der Waals surface area contributed by atoms with Crippen molar-refractivity contribution in [2.24, 2.45) is 5.41 Å². The molecule has 0 bridgehead atoms. The van der Waals surface area contributed by atoms with Crippen molar-refractivity contribution in [2.45, 2.75) is 46.1 Å². The first-order valence-corrected chi connectivity index (χ1v) is 7.66. The van der Waals surface area contributed by atoms with Crippen LogP contribution in [0.1, 0.15) is 50.3 Å². The van der Waals surface area contributed by atoms with E-state index in [-0.39, 0.29) is 17.4 Å². The first-order valence-electron chi connectivity index (χ1n) is 7.66. The number of rotatable bonds is 4. The topological polar surface area (TPSA) is 41.1 Å². The van der Waals surface area contributed by atoms with Gasteiger partial charge in [-0.1, -0.05) is 36.8 Å². The van der Waals surface area contributed by atoms with Gasteiger partial charge in [-0.05, 0) is 51.8 Å². The van der Waals surface area contributed by atoms with Crippen molar-refractivity contribution in [3.63, 3.8) is 0 Å². The lowest BCUT2D eigenvalue weighted by Crippen LogP contribution is -2.47. The molecule has 0 radical (unpaired) electrons. The zero-order chi connectivity index (χ0) is 14.6. The average Bonchev–Trinajstić information content (AvgIpc) is 2.47. The second-order valence-corrected chi connectivity index (χ2v) is 5.99. The first-order chi connectivity index (χ1) is 9.57. The highest BCUT2D eigenvalue weighted by molar-refractivity contribution is 5.83. The standard InChI is InChI=1S/C17H26N2O/c1-4-17(8-10-18-11-9-17)16(20)19-14(3)15-7-5-6-13(2)12-15/h5-7,12,14,18H,4,8-11H2,1-3H3,(H,19,20)/t14-/m1/s1. The third-order valence-electron chi connectivity index (χ3n) is 4.61. The minimum atomic E-state index is -0.177. The highest BCUT2D eigenvalue weighted by Gasteiger charge is 2.38. The molecule has 0 aromatic heterocycles. The van der Waals surface area contributed by atoms with Gasteiger partial charge in [0.2, 0.25) is 5.91 Å². The van der Waals surface area contributed by atoms with Crippen molar-refractivity contribution < 1.29 is 4.79 Å². The van der Waals surface area contributed by atoms with E-state index in [1.807, 2.05) is 6.07 Å². The summed E-state index contributed by atoms with van der Waals surface area (Å²) in [6, 6.07) is 8.43. The van der Waals surface area contributed by atoms with E-state index in [1.54, 1.807) is 0 Å². The third-order valence-corrected chi connectivity index (χ3v) is 4.61. The van der Waals surface area contributed by atoms with Gasteiger partial charge >= 0.3 is 0 Å². The molecule has 3 heteroatoms. The number of piperidine rings is 1. The summed E-state index contributed by atoms with van der Waals surface area (Å²) in [6.45, 7) is 8.16. The quantitative estimate of drug-likeness (QED) is 0.886. The van der Waals surface area contributed by atoms with Crippen LogP contribution in [0, 0.1) is 12.3 Å². The van der Waals surface area contributed by atoms with Crippen LogP contribution in [0.2, 0.25) is 0 Å². The van der Waals surface area contributed by atoms with Gasteiger partial charge in [0.15, 0.2) is 0 Å². The third kappa shape index (κ3) is 3.21. The highest BCUT2D eigenvalue weighted by atomic mass is 16.2. The molecule has 0 saturated carbocycles. The molecule has 1 saturated heterocycles. The van der Waals surface area contributed by atoms with Gasteiger partial charge in [0.25, 0.3) is 0 Å². The largest absolute Gasteiger partial charge is 0.349 e. The van der Waals surface area contributed by atoms with Gasteiger partial charge in [0, 0.05) is 0 Å². The van der Waals surface area contributed by atoms with Crippen LogP contribution < -0.4 is 10.6 Å². The maximum Gasteiger partial charge on any atom is 0.226 e. The zero-order valence-corrected chi connectivity index (χ0v) is 12.8.